The van der Waals surface area contributed by atoms with Gasteiger partial charge in [0.15, 0.2) is 5.82 Å². The average molecular weight is 286 g/mol. The molecule has 0 unspecified atom stereocenters. The van der Waals surface area contributed by atoms with Crippen LogP contribution in [0.3, 0.4) is 0 Å². The highest BCUT2D eigenvalue weighted by Crippen LogP contribution is 2.29. The van der Waals surface area contributed by atoms with Crippen LogP contribution in [0.2, 0.25) is 0 Å². The molecule has 6 nitrogen and oxygen atoms in total. The zero-order chi connectivity index (χ0) is 13.5. The first-order valence-electron chi connectivity index (χ1n) is 6.51. The molecule has 1 N–H and O–H groups in total. The van der Waals surface area contributed by atoms with E-state index in [0.717, 1.165) is 30.2 Å². The van der Waals surface area contributed by atoms with Gasteiger partial charge in [0.1, 0.15) is 6.33 Å². The van der Waals surface area contributed by atoms with Crippen LogP contribution in [0.25, 0.3) is 16.2 Å². The molecule has 4 rings (SSSR count). The van der Waals surface area contributed by atoms with E-state index >= 15 is 0 Å². The Hall–Kier alpha value is -1.99. The van der Waals surface area contributed by atoms with Crippen molar-refractivity contribution >= 4 is 22.8 Å². The topological polar surface area (TPSA) is 58.4 Å². The minimum absolute atomic E-state index is 0.539. The van der Waals surface area contributed by atoms with Gasteiger partial charge in [-0.1, -0.05) is 6.07 Å². The number of hydrogen-bond acceptors (Lipinski definition) is 6. The van der Waals surface area contributed by atoms with Crippen molar-refractivity contribution in [2.45, 2.75) is 6.04 Å². The van der Waals surface area contributed by atoms with Crippen LogP contribution in [0.4, 0.5) is 5.82 Å². The van der Waals surface area contributed by atoms with E-state index in [0.29, 0.717) is 6.04 Å². The molecule has 102 valence electrons. The van der Waals surface area contributed by atoms with Crippen molar-refractivity contribution in [3.05, 3.63) is 30.0 Å². The maximum atomic E-state index is 4.61. The Balaban J connectivity index is 1.78. The summed E-state index contributed by atoms with van der Waals surface area (Å²) in [5, 5.41) is 13.6. The van der Waals surface area contributed by atoms with Gasteiger partial charge in [-0.2, -0.15) is 0 Å². The molecule has 0 saturated carbocycles. The van der Waals surface area contributed by atoms with Crippen LogP contribution in [0.5, 0.6) is 0 Å². The summed E-state index contributed by atoms with van der Waals surface area (Å²) >= 11 is 1.69. The molecule has 0 atom stereocenters. The molecule has 0 aromatic carbocycles. The summed E-state index contributed by atoms with van der Waals surface area (Å²) in [6.45, 7) is 1.93. The zero-order valence-electron chi connectivity index (χ0n) is 11.0. The molecule has 4 heterocycles. The molecule has 3 aromatic rings. The van der Waals surface area contributed by atoms with Crippen LogP contribution < -0.4 is 10.2 Å². The molecule has 1 aliphatic heterocycles. The smallest absolute Gasteiger partial charge is 0.204 e. The fourth-order valence-electron chi connectivity index (χ4n) is 2.47. The lowest BCUT2D eigenvalue weighted by molar-refractivity contribution is 0.447. The van der Waals surface area contributed by atoms with Gasteiger partial charge in [0.25, 0.3) is 0 Å². The number of rotatable bonds is 3. The second-order valence-electron chi connectivity index (χ2n) is 4.86. The normalized spacial score (nSPS) is 15.8. The number of anilines is 1. The highest BCUT2D eigenvalue weighted by molar-refractivity contribution is 7.13. The monoisotopic (exact) mass is 286 g/mol. The van der Waals surface area contributed by atoms with E-state index in [-0.39, 0.29) is 0 Å². The van der Waals surface area contributed by atoms with Gasteiger partial charge in [-0.05, 0) is 18.5 Å². The van der Waals surface area contributed by atoms with Gasteiger partial charge < -0.3 is 10.2 Å². The molecular formula is C13H14N6S. The number of fused-ring (bicyclic) bond motifs is 1. The SMILES string of the molecule is CNC1CN(c2ncc(-c3cccs3)n3cnnc23)C1. The Morgan fingerprint density at radius 3 is 3.05 bits per heavy atom. The standard InChI is InChI=1S/C13H14N6S/c1-14-9-6-18(7-9)12-13-17-16-8-19(13)10(5-15-12)11-3-2-4-20-11/h2-5,8-9,14H,6-7H2,1H3. The summed E-state index contributed by atoms with van der Waals surface area (Å²) in [6.07, 6.45) is 3.66. The van der Waals surface area contributed by atoms with Gasteiger partial charge in [0.05, 0.1) is 16.8 Å². The highest BCUT2D eigenvalue weighted by Gasteiger charge is 2.28. The van der Waals surface area contributed by atoms with E-state index in [9.17, 15) is 0 Å². The zero-order valence-corrected chi connectivity index (χ0v) is 11.8. The average Bonchev–Trinajstić information content (AvgIpc) is 3.09. The second-order valence-corrected chi connectivity index (χ2v) is 5.81. The molecule has 0 radical (unpaired) electrons. The van der Waals surface area contributed by atoms with Crippen LogP contribution >= 0.6 is 11.3 Å². The summed E-state index contributed by atoms with van der Waals surface area (Å²) in [5.74, 6) is 0.911. The molecule has 0 bridgehead atoms. The predicted molar refractivity (Wildman–Crippen MR) is 79.2 cm³/mol. The van der Waals surface area contributed by atoms with Crippen molar-refractivity contribution in [2.75, 3.05) is 25.0 Å². The Kier molecular flexibility index (Phi) is 2.68. The first-order chi connectivity index (χ1) is 9.86. The van der Waals surface area contributed by atoms with Gasteiger partial charge in [-0.3, -0.25) is 4.40 Å². The predicted octanol–water partition coefficient (Wildman–Crippen LogP) is 1.26. The Morgan fingerprint density at radius 1 is 1.40 bits per heavy atom. The number of likely N-dealkylation sites (N-methyl/N-ethyl adjacent to an activating group) is 1. The Labute approximate surface area is 120 Å². The number of aromatic nitrogens is 4. The van der Waals surface area contributed by atoms with Crippen LogP contribution in [0.1, 0.15) is 0 Å². The van der Waals surface area contributed by atoms with E-state index < -0.39 is 0 Å². The van der Waals surface area contributed by atoms with Crippen molar-refractivity contribution in [3.63, 3.8) is 0 Å². The van der Waals surface area contributed by atoms with Gasteiger partial charge in [0.2, 0.25) is 5.65 Å². The first-order valence-corrected chi connectivity index (χ1v) is 7.39. The summed E-state index contributed by atoms with van der Waals surface area (Å²) in [5.41, 5.74) is 1.86. The van der Waals surface area contributed by atoms with E-state index in [4.69, 9.17) is 0 Å². The van der Waals surface area contributed by atoms with Crippen LogP contribution in [0, 0.1) is 0 Å². The van der Waals surface area contributed by atoms with E-state index in [1.165, 1.54) is 4.88 Å². The number of nitrogens with zero attached hydrogens (tertiary/aromatic N) is 5. The lowest BCUT2D eigenvalue weighted by atomic mass is 10.1. The molecular weight excluding hydrogens is 272 g/mol. The van der Waals surface area contributed by atoms with Crippen molar-refractivity contribution in [1.29, 1.82) is 0 Å². The maximum absolute atomic E-state index is 4.61. The van der Waals surface area contributed by atoms with Gasteiger partial charge in [-0.25, -0.2) is 4.98 Å². The number of thiophene rings is 1. The fourth-order valence-corrected chi connectivity index (χ4v) is 3.20. The third kappa shape index (κ3) is 1.70. The third-order valence-electron chi connectivity index (χ3n) is 3.68. The molecule has 1 saturated heterocycles. The van der Waals surface area contributed by atoms with Gasteiger partial charge in [0, 0.05) is 19.1 Å². The number of nitrogens with one attached hydrogen (secondary N) is 1. The van der Waals surface area contributed by atoms with Gasteiger partial charge >= 0.3 is 0 Å². The highest BCUT2D eigenvalue weighted by atomic mass is 32.1. The van der Waals surface area contributed by atoms with Crippen molar-refractivity contribution in [2.24, 2.45) is 0 Å². The summed E-state index contributed by atoms with van der Waals surface area (Å²) in [7, 11) is 1.99. The molecule has 20 heavy (non-hydrogen) atoms. The molecule has 0 aliphatic carbocycles. The van der Waals surface area contributed by atoms with Gasteiger partial charge in [-0.15, -0.1) is 21.5 Å². The van der Waals surface area contributed by atoms with Crippen molar-refractivity contribution in [3.8, 4) is 10.6 Å². The second kappa shape index (κ2) is 4.53. The largest absolute Gasteiger partial charge is 0.350 e. The fraction of sp³-hybridized carbons (Fsp3) is 0.308. The van der Waals surface area contributed by atoms with Crippen LogP contribution in [0.15, 0.2) is 30.0 Å². The Bertz CT molecular complexity index is 728. The third-order valence-corrected chi connectivity index (χ3v) is 4.57. The molecule has 0 spiro atoms. The maximum Gasteiger partial charge on any atom is 0.204 e. The lowest BCUT2D eigenvalue weighted by Crippen LogP contribution is -2.57. The summed E-state index contributed by atoms with van der Waals surface area (Å²) < 4.78 is 2.01. The molecule has 0 amide bonds. The molecule has 3 aromatic heterocycles. The molecule has 1 fully saturated rings. The minimum Gasteiger partial charge on any atom is -0.350 e. The summed E-state index contributed by atoms with van der Waals surface area (Å²) in [6, 6.07) is 4.66. The van der Waals surface area contributed by atoms with E-state index in [1.54, 1.807) is 17.7 Å². The molecule has 7 heteroatoms. The van der Waals surface area contributed by atoms with Crippen molar-refractivity contribution < 1.29 is 0 Å². The van der Waals surface area contributed by atoms with Crippen molar-refractivity contribution in [1.82, 2.24) is 24.9 Å². The number of hydrogen-bond donors (Lipinski definition) is 1. The first kappa shape index (κ1) is 11.8. The summed E-state index contributed by atoms with van der Waals surface area (Å²) in [4.78, 5) is 8.00. The minimum atomic E-state index is 0.539. The molecule has 1 aliphatic rings. The van der Waals surface area contributed by atoms with Crippen LogP contribution in [-0.2, 0) is 0 Å². The lowest BCUT2D eigenvalue weighted by Gasteiger charge is -2.39. The van der Waals surface area contributed by atoms with Crippen LogP contribution in [-0.4, -0.2) is 45.8 Å². The Morgan fingerprint density at radius 2 is 2.30 bits per heavy atom. The van der Waals surface area contributed by atoms with E-state index in [1.807, 2.05) is 23.7 Å². The van der Waals surface area contributed by atoms with E-state index in [2.05, 4.69) is 36.8 Å². The quantitative estimate of drug-likeness (QED) is 0.785.